The molecule has 7 heteroatoms. The molecule has 2 rings (SSSR count). The van der Waals surface area contributed by atoms with E-state index in [9.17, 15) is 4.79 Å². The standard InChI is InChI=1S/C12H13N3O3S/c1-17-8-3-2-4-9(5-8)18-7-11-14-6-10(19-11)12(16)15-13/h2-6H,7,13H2,1H3,(H,15,16). The van der Waals surface area contributed by atoms with Crippen LogP contribution in [0, 0.1) is 0 Å². The summed E-state index contributed by atoms with van der Waals surface area (Å²) in [4.78, 5) is 15.8. The van der Waals surface area contributed by atoms with Crippen molar-refractivity contribution in [3.8, 4) is 11.5 Å². The first-order chi connectivity index (χ1) is 9.22. The van der Waals surface area contributed by atoms with Crippen molar-refractivity contribution in [3.63, 3.8) is 0 Å². The number of carbonyl (C=O) groups is 1. The van der Waals surface area contributed by atoms with Gasteiger partial charge in [0, 0.05) is 6.07 Å². The number of hydrogen-bond acceptors (Lipinski definition) is 6. The molecule has 6 nitrogen and oxygen atoms in total. The molecule has 2 aromatic rings. The lowest BCUT2D eigenvalue weighted by Gasteiger charge is -2.05. The molecule has 0 spiro atoms. The molecule has 0 fully saturated rings. The molecule has 0 aliphatic rings. The minimum absolute atomic E-state index is 0.287. The summed E-state index contributed by atoms with van der Waals surface area (Å²) < 4.78 is 10.7. The number of carbonyl (C=O) groups excluding carboxylic acids is 1. The van der Waals surface area contributed by atoms with Gasteiger partial charge in [0.1, 0.15) is 28.0 Å². The quantitative estimate of drug-likeness (QED) is 0.490. The SMILES string of the molecule is COc1cccc(OCc2ncc(C(=O)NN)s2)c1. The predicted molar refractivity (Wildman–Crippen MR) is 71.1 cm³/mol. The second-order valence-corrected chi connectivity index (χ2v) is 4.67. The van der Waals surface area contributed by atoms with Crippen LogP contribution in [0.25, 0.3) is 0 Å². The van der Waals surface area contributed by atoms with E-state index in [1.165, 1.54) is 17.5 Å². The summed E-state index contributed by atoms with van der Waals surface area (Å²) in [6.45, 7) is 0.287. The molecule has 1 aromatic heterocycles. The van der Waals surface area contributed by atoms with Gasteiger partial charge in [-0.05, 0) is 12.1 Å². The van der Waals surface area contributed by atoms with Crippen LogP contribution >= 0.6 is 11.3 Å². The van der Waals surface area contributed by atoms with Gasteiger partial charge in [-0.2, -0.15) is 0 Å². The highest BCUT2D eigenvalue weighted by molar-refractivity contribution is 7.13. The van der Waals surface area contributed by atoms with Crippen molar-refractivity contribution < 1.29 is 14.3 Å². The van der Waals surface area contributed by atoms with E-state index in [4.69, 9.17) is 15.3 Å². The Morgan fingerprint density at radius 3 is 3.00 bits per heavy atom. The number of ether oxygens (including phenoxy) is 2. The van der Waals surface area contributed by atoms with E-state index in [1.807, 2.05) is 18.2 Å². The number of rotatable bonds is 5. The fourth-order valence-corrected chi connectivity index (χ4v) is 2.12. The van der Waals surface area contributed by atoms with Crippen LogP contribution in [0.15, 0.2) is 30.5 Å². The molecule has 0 radical (unpaired) electrons. The molecule has 1 amide bonds. The minimum atomic E-state index is -0.356. The highest BCUT2D eigenvalue weighted by Gasteiger charge is 2.09. The zero-order valence-corrected chi connectivity index (χ0v) is 11.1. The summed E-state index contributed by atoms with van der Waals surface area (Å²) >= 11 is 1.24. The van der Waals surface area contributed by atoms with Gasteiger partial charge in [0.2, 0.25) is 0 Å². The third kappa shape index (κ3) is 3.43. The molecule has 100 valence electrons. The normalized spacial score (nSPS) is 10.0. The van der Waals surface area contributed by atoms with Crippen molar-refractivity contribution in [1.82, 2.24) is 10.4 Å². The first-order valence-corrected chi connectivity index (χ1v) is 6.27. The molecular formula is C12H13N3O3S. The van der Waals surface area contributed by atoms with Crippen molar-refractivity contribution in [2.45, 2.75) is 6.61 Å². The van der Waals surface area contributed by atoms with Crippen molar-refractivity contribution in [1.29, 1.82) is 0 Å². The second kappa shape index (κ2) is 6.17. The van der Waals surface area contributed by atoms with Gasteiger partial charge < -0.3 is 9.47 Å². The Balaban J connectivity index is 1.98. The molecule has 0 unspecified atom stereocenters. The lowest BCUT2D eigenvalue weighted by Crippen LogP contribution is -2.29. The largest absolute Gasteiger partial charge is 0.497 e. The Morgan fingerprint density at radius 2 is 2.26 bits per heavy atom. The number of nitrogens with two attached hydrogens (primary N) is 1. The van der Waals surface area contributed by atoms with Crippen molar-refractivity contribution in [3.05, 3.63) is 40.3 Å². The van der Waals surface area contributed by atoms with E-state index in [2.05, 4.69) is 10.4 Å². The maximum Gasteiger partial charge on any atom is 0.276 e. The molecule has 1 heterocycles. The van der Waals surface area contributed by atoms with Gasteiger partial charge in [0.05, 0.1) is 13.3 Å². The molecule has 0 saturated carbocycles. The number of thiazole rings is 1. The predicted octanol–water partition coefficient (Wildman–Crippen LogP) is 1.33. The maximum absolute atomic E-state index is 11.3. The summed E-state index contributed by atoms with van der Waals surface area (Å²) in [5.74, 6) is 6.09. The lowest BCUT2D eigenvalue weighted by molar-refractivity contribution is 0.0957. The van der Waals surface area contributed by atoms with Gasteiger partial charge in [0.25, 0.3) is 5.91 Å². The monoisotopic (exact) mass is 279 g/mol. The second-order valence-electron chi connectivity index (χ2n) is 3.56. The van der Waals surface area contributed by atoms with E-state index in [1.54, 1.807) is 13.2 Å². The van der Waals surface area contributed by atoms with Crippen LogP contribution in [0.2, 0.25) is 0 Å². The molecule has 0 atom stereocenters. The van der Waals surface area contributed by atoms with Crippen LogP contribution in [-0.2, 0) is 6.61 Å². The van der Waals surface area contributed by atoms with E-state index < -0.39 is 0 Å². The summed E-state index contributed by atoms with van der Waals surface area (Å²) in [6.07, 6.45) is 1.47. The number of nitrogen functional groups attached to an aromatic ring is 1. The number of methoxy groups -OCH3 is 1. The molecule has 1 aromatic carbocycles. The van der Waals surface area contributed by atoms with E-state index >= 15 is 0 Å². The highest BCUT2D eigenvalue weighted by Crippen LogP contribution is 2.21. The van der Waals surface area contributed by atoms with Crippen molar-refractivity contribution in [2.75, 3.05) is 7.11 Å². The minimum Gasteiger partial charge on any atom is -0.497 e. The third-order valence-electron chi connectivity index (χ3n) is 2.31. The number of aromatic nitrogens is 1. The summed E-state index contributed by atoms with van der Waals surface area (Å²) in [5.41, 5.74) is 2.06. The van der Waals surface area contributed by atoms with Gasteiger partial charge in [-0.1, -0.05) is 6.07 Å². The van der Waals surface area contributed by atoms with Crippen LogP contribution < -0.4 is 20.7 Å². The molecule has 3 N–H and O–H groups in total. The number of amides is 1. The molecule has 0 aliphatic heterocycles. The van der Waals surface area contributed by atoms with E-state index in [0.29, 0.717) is 15.6 Å². The van der Waals surface area contributed by atoms with Crippen molar-refractivity contribution >= 4 is 17.2 Å². The van der Waals surface area contributed by atoms with E-state index in [0.717, 1.165) is 5.75 Å². The Morgan fingerprint density at radius 1 is 1.47 bits per heavy atom. The fraction of sp³-hybridized carbons (Fsp3) is 0.167. The lowest BCUT2D eigenvalue weighted by atomic mass is 10.3. The summed E-state index contributed by atoms with van der Waals surface area (Å²) in [5, 5.41) is 0.696. The Kier molecular flexibility index (Phi) is 4.32. The number of nitrogens with one attached hydrogen (secondary N) is 1. The first-order valence-electron chi connectivity index (χ1n) is 5.45. The molecule has 0 aliphatic carbocycles. The number of benzene rings is 1. The number of hydrogen-bond donors (Lipinski definition) is 2. The number of nitrogens with zero attached hydrogens (tertiary/aromatic N) is 1. The van der Waals surface area contributed by atoms with Crippen LogP contribution in [0.4, 0.5) is 0 Å². The molecule has 19 heavy (non-hydrogen) atoms. The van der Waals surface area contributed by atoms with Crippen LogP contribution in [0.3, 0.4) is 0 Å². The van der Waals surface area contributed by atoms with E-state index in [-0.39, 0.29) is 12.5 Å². The van der Waals surface area contributed by atoms with Gasteiger partial charge >= 0.3 is 0 Å². The summed E-state index contributed by atoms with van der Waals surface area (Å²) in [6, 6.07) is 7.27. The molecule has 0 saturated heterocycles. The third-order valence-corrected chi connectivity index (χ3v) is 3.28. The fourth-order valence-electron chi connectivity index (χ4n) is 1.39. The highest BCUT2D eigenvalue weighted by atomic mass is 32.1. The van der Waals surface area contributed by atoms with Crippen LogP contribution in [0.1, 0.15) is 14.7 Å². The zero-order chi connectivity index (χ0) is 13.7. The molecule has 0 bridgehead atoms. The van der Waals surface area contributed by atoms with Gasteiger partial charge in [0.15, 0.2) is 0 Å². The molecular weight excluding hydrogens is 266 g/mol. The average Bonchev–Trinajstić information content (AvgIpc) is 2.93. The Hall–Kier alpha value is -2.12. The van der Waals surface area contributed by atoms with Crippen LogP contribution in [-0.4, -0.2) is 18.0 Å². The van der Waals surface area contributed by atoms with Gasteiger partial charge in [-0.15, -0.1) is 11.3 Å². The maximum atomic E-state index is 11.3. The first kappa shape index (κ1) is 13.3. The Labute approximate surface area is 114 Å². The Bertz CT molecular complexity index is 571. The topological polar surface area (TPSA) is 86.5 Å². The van der Waals surface area contributed by atoms with Gasteiger partial charge in [-0.25, -0.2) is 10.8 Å². The average molecular weight is 279 g/mol. The summed E-state index contributed by atoms with van der Waals surface area (Å²) in [7, 11) is 1.59. The van der Waals surface area contributed by atoms with Crippen LogP contribution in [0.5, 0.6) is 11.5 Å². The van der Waals surface area contributed by atoms with Gasteiger partial charge in [-0.3, -0.25) is 10.2 Å². The zero-order valence-electron chi connectivity index (χ0n) is 10.3. The smallest absolute Gasteiger partial charge is 0.276 e. The number of hydrazine groups is 1. The van der Waals surface area contributed by atoms with Crippen molar-refractivity contribution in [2.24, 2.45) is 5.84 Å².